The second-order valence-electron chi connectivity index (χ2n) is 9.58. The molecule has 0 spiro atoms. The molecule has 2 rings (SSSR count). The first-order chi connectivity index (χ1) is 14.0. The predicted octanol–water partition coefficient (Wildman–Crippen LogP) is 9.07. The highest BCUT2D eigenvalue weighted by molar-refractivity contribution is 6.41. The minimum Gasteiger partial charge on any atom is -0.251 e. The van der Waals surface area contributed by atoms with Gasteiger partial charge < -0.3 is 0 Å². The molecular formula is C28H40N2. The van der Waals surface area contributed by atoms with Gasteiger partial charge in [0.2, 0.25) is 0 Å². The third-order valence-corrected chi connectivity index (χ3v) is 5.77. The average molecular weight is 405 g/mol. The lowest BCUT2D eigenvalue weighted by Crippen LogP contribution is -2.07. The van der Waals surface area contributed by atoms with Gasteiger partial charge in [0, 0.05) is 0 Å². The van der Waals surface area contributed by atoms with Gasteiger partial charge in [-0.2, -0.15) is 0 Å². The van der Waals surface area contributed by atoms with Crippen LogP contribution in [0.1, 0.15) is 115 Å². The van der Waals surface area contributed by atoms with Gasteiger partial charge in [-0.05, 0) is 59.8 Å². The molecule has 2 aromatic carbocycles. The monoisotopic (exact) mass is 404 g/mol. The second-order valence-corrected chi connectivity index (χ2v) is 9.58. The molecule has 162 valence electrons. The zero-order valence-corrected chi connectivity index (χ0v) is 20.7. The molecule has 30 heavy (non-hydrogen) atoms. The molecule has 0 aromatic heterocycles. The molecule has 0 aliphatic rings. The normalized spacial score (nSPS) is 13.3. The van der Waals surface area contributed by atoms with Crippen LogP contribution in [0.3, 0.4) is 0 Å². The van der Waals surface area contributed by atoms with Crippen molar-refractivity contribution in [3.63, 3.8) is 0 Å². The molecule has 2 nitrogen and oxygen atoms in total. The highest BCUT2D eigenvalue weighted by Gasteiger charge is 2.16. The third-order valence-electron chi connectivity index (χ3n) is 5.77. The standard InChI is InChI=1S/C28H40N2/c1-17(2)23-13-11-14-24(18(3)4)27(23)29-21(9)22(10)30-28-25(19(5)6)15-12-16-26(28)20(7)8/h11-20H,1-10H3/b29-21+,30-22+. The number of aliphatic imine (C=N–C) groups is 2. The van der Waals surface area contributed by atoms with Crippen molar-refractivity contribution in [3.8, 4) is 0 Å². The number of hydrogen-bond donors (Lipinski definition) is 0. The summed E-state index contributed by atoms with van der Waals surface area (Å²) in [7, 11) is 0. The van der Waals surface area contributed by atoms with E-state index in [1.165, 1.54) is 22.3 Å². The van der Waals surface area contributed by atoms with E-state index in [-0.39, 0.29) is 0 Å². The van der Waals surface area contributed by atoms with Crippen molar-refractivity contribution < 1.29 is 0 Å². The van der Waals surface area contributed by atoms with Gasteiger partial charge >= 0.3 is 0 Å². The van der Waals surface area contributed by atoms with E-state index >= 15 is 0 Å². The topological polar surface area (TPSA) is 24.7 Å². The maximum Gasteiger partial charge on any atom is 0.0702 e. The fraction of sp³-hybridized carbons (Fsp3) is 0.500. The zero-order chi connectivity index (χ0) is 22.6. The summed E-state index contributed by atoms with van der Waals surface area (Å²) in [6.45, 7) is 22.1. The molecule has 0 aliphatic heterocycles. The first-order valence-electron chi connectivity index (χ1n) is 11.4. The Bertz CT molecular complexity index is 798. The summed E-state index contributed by atoms with van der Waals surface area (Å²) in [5.41, 5.74) is 9.43. The molecule has 0 heterocycles. The molecule has 2 heteroatoms. The van der Waals surface area contributed by atoms with Crippen molar-refractivity contribution in [1.82, 2.24) is 0 Å². The van der Waals surface area contributed by atoms with Crippen LogP contribution in [-0.4, -0.2) is 11.4 Å². The summed E-state index contributed by atoms with van der Waals surface area (Å²) < 4.78 is 0. The van der Waals surface area contributed by atoms with Crippen LogP contribution in [0, 0.1) is 0 Å². The Morgan fingerprint density at radius 2 is 0.733 bits per heavy atom. The van der Waals surface area contributed by atoms with Crippen molar-refractivity contribution in [2.75, 3.05) is 0 Å². The summed E-state index contributed by atoms with van der Waals surface area (Å²) in [4.78, 5) is 10.3. The molecular weight excluding hydrogens is 364 g/mol. The van der Waals surface area contributed by atoms with Crippen molar-refractivity contribution in [3.05, 3.63) is 58.7 Å². The summed E-state index contributed by atoms with van der Waals surface area (Å²) in [5.74, 6) is 1.73. The number of hydrogen-bond acceptors (Lipinski definition) is 2. The Hall–Kier alpha value is -2.22. The van der Waals surface area contributed by atoms with E-state index in [1.807, 2.05) is 0 Å². The molecule has 0 unspecified atom stereocenters. The Balaban J connectivity index is 2.63. The first kappa shape index (κ1) is 24.1. The van der Waals surface area contributed by atoms with Crippen molar-refractivity contribution in [2.24, 2.45) is 9.98 Å². The highest BCUT2D eigenvalue weighted by atomic mass is 14.8. The van der Waals surface area contributed by atoms with E-state index in [0.29, 0.717) is 23.7 Å². The molecule has 0 amide bonds. The number of nitrogens with zero attached hydrogens (tertiary/aromatic N) is 2. The van der Waals surface area contributed by atoms with E-state index < -0.39 is 0 Å². The predicted molar refractivity (Wildman–Crippen MR) is 135 cm³/mol. The Morgan fingerprint density at radius 3 is 0.933 bits per heavy atom. The largest absolute Gasteiger partial charge is 0.251 e. The molecule has 0 fully saturated rings. The number of benzene rings is 2. The van der Waals surface area contributed by atoms with Crippen LogP contribution in [0.5, 0.6) is 0 Å². The van der Waals surface area contributed by atoms with E-state index in [9.17, 15) is 0 Å². The lowest BCUT2D eigenvalue weighted by Gasteiger charge is -2.18. The first-order valence-corrected chi connectivity index (χ1v) is 11.4. The van der Waals surface area contributed by atoms with E-state index in [0.717, 1.165) is 22.8 Å². The van der Waals surface area contributed by atoms with Gasteiger partial charge in [0.1, 0.15) is 0 Å². The molecule has 0 bridgehead atoms. The molecule has 0 saturated heterocycles. The maximum absolute atomic E-state index is 5.13. The van der Waals surface area contributed by atoms with Crippen LogP contribution in [0.4, 0.5) is 11.4 Å². The minimum absolute atomic E-state index is 0.432. The molecule has 0 atom stereocenters. The molecule has 0 radical (unpaired) electrons. The Morgan fingerprint density at radius 1 is 0.500 bits per heavy atom. The van der Waals surface area contributed by atoms with Crippen LogP contribution in [-0.2, 0) is 0 Å². The lowest BCUT2D eigenvalue weighted by molar-refractivity contribution is 0.834. The van der Waals surface area contributed by atoms with Gasteiger partial charge in [0.25, 0.3) is 0 Å². The summed E-state index contributed by atoms with van der Waals surface area (Å²) in [6.07, 6.45) is 0. The summed E-state index contributed by atoms with van der Waals surface area (Å²) in [6, 6.07) is 13.2. The molecule has 2 aromatic rings. The second kappa shape index (κ2) is 10.2. The minimum atomic E-state index is 0.432. The smallest absolute Gasteiger partial charge is 0.0702 e. The van der Waals surface area contributed by atoms with Crippen LogP contribution in [0.2, 0.25) is 0 Å². The van der Waals surface area contributed by atoms with Crippen LogP contribution >= 0.6 is 0 Å². The summed E-state index contributed by atoms with van der Waals surface area (Å²) in [5, 5.41) is 0. The molecule has 0 saturated carbocycles. The number of rotatable bonds is 7. The van der Waals surface area contributed by atoms with E-state index in [1.54, 1.807) is 0 Å². The quantitative estimate of drug-likeness (QED) is 0.411. The fourth-order valence-corrected chi connectivity index (χ4v) is 3.78. The molecule has 0 N–H and O–H groups in total. The average Bonchev–Trinajstić information content (AvgIpc) is 2.67. The van der Waals surface area contributed by atoms with Gasteiger partial charge in [-0.15, -0.1) is 0 Å². The Kier molecular flexibility index (Phi) is 8.18. The van der Waals surface area contributed by atoms with Crippen LogP contribution in [0.25, 0.3) is 0 Å². The van der Waals surface area contributed by atoms with Crippen molar-refractivity contribution >= 4 is 22.8 Å². The molecule has 0 aliphatic carbocycles. The van der Waals surface area contributed by atoms with Gasteiger partial charge in [-0.25, -0.2) is 0 Å². The zero-order valence-electron chi connectivity index (χ0n) is 20.7. The summed E-state index contributed by atoms with van der Waals surface area (Å²) >= 11 is 0. The van der Waals surface area contributed by atoms with Gasteiger partial charge in [-0.3, -0.25) is 9.98 Å². The van der Waals surface area contributed by atoms with Gasteiger partial charge in [0.15, 0.2) is 0 Å². The lowest BCUT2D eigenvalue weighted by atomic mass is 9.92. The van der Waals surface area contributed by atoms with Crippen LogP contribution in [0.15, 0.2) is 46.4 Å². The van der Waals surface area contributed by atoms with Crippen molar-refractivity contribution in [1.29, 1.82) is 0 Å². The van der Waals surface area contributed by atoms with Gasteiger partial charge in [0.05, 0.1) is 22.8 Å². The van der Waals surface area contributed by atoms with Crippen LogP contribution < -0.4 is 0 Å². The number of para-hydroxylation sites is 2. The van der Waals surface area contributed by atoms with E-state index in [4.69, 9.17) is 9.98 Å². The van der Waals surface area contributed by atoms with Gasteiger partial charge in [-0.1, -0.05) is 91.8 Å². The third kappa shape index (κ3) is 5.47. The maximum atomic E-state index is 5.13. The highest BCUT2D eigenvalue weighted by Crippen LogP contribution is 2.36. The van der Waals surface area contributed by atoms with E-state index in [2.05, 4.69) is 106 Å². The van der Waals surface area contributed by atoms with Crippen molar-refractivity contribution in [2.45, 2.75) is 92.9 Å². The Labute approximate surface area is 184 Å². The fourth-order valence-electron chi connectivity index (χ4n) is 3.78. The SMILES string of the molecule is CC(=N\c1c(C(C)C)cccc1C(C)C)/C(C)=N/c1c(C(C)C)cccc1C(C)C.